The van der Waals surface area contributed by atoms with E-state index in [2.05, 4.69) is 41.0 Å². The van der Waals surface area contributed by atoms with E-state index in [1.54, 1.807) is 54.9 Å². The van der Waals surface area contributed by atoms with E-state index in [-0.39, 0.29) is 22.7 Å². The van der Waals surface area contributed by atoms with E-state index in [1.165, 1.54) is 11.3 Å². The number of thiazole rings is 1. The van der Waals surface area contributed by atoms with Gasteiger partial charge in [0, 0.05) is 11.1 Å². The van der Waals surface area contributed by atoms with Crippen molar-refractivity contribution in [1.82, 2.24) is 4.98 Å². The topological polar surface area (TPSA) is 110 Å². The molecule has 34 heavy (non-hydrogen) atoms. The molecule has 1 aromatic heterocycles. The Labute approximate surface area is 204 Å². The fourth-order valence-electron chi connectivity index (χ4n) is 2.99. The van der Waals surface area contributed by atoms with Gasteiger partial charge in [0.2, 0.25) is 5.13 Å². The number of ether oxygens (including phenoxy) is 1. The van der Waals surface area contributed by atoms with Crippen molar-refractivity contribution < 1.29 is 17.9 Å². The second-order valence-corrected chi connectivity index (χ2v) is 11.0. The summed E-state index contributed by atoms with van der Waals surface area (Å²) in [5, 5.41) is 6.44. The summed E-state index contributed by atoms with van der Waals surface area (Å²) in [6.45, 7) is 8.32. The van der Waals surface area contributed by atoms with Gasteiger partial charge in [0.25, 0.3) is 10.0 Å². The molecule has 0 bridgehead atoms. The van der Waals surface area contributed by atoms with Crippen molar-refractivity contribution >= 4 is 44.4 Å². The van der Waals surface area contributed by atoms with Crippen molar-refractivity contribution in [2.24, 2.45) is 5.10 Å². The van der Waals surface area contributed by atoms with E-state index in [4.69, 9.17) is 4.74 Å². The molecule has 0 atom stereocenters. The molecule has 0 aliphatic rings. The van der Waals surface area contributed by atoms with Crippen LogP contribution in [0.2, 0.25) is 0 Å². The molecule has 3 aromatic rings. The number of carbonyl (C=O) groups is 1. The monoisotopic (exact) mass is 500 g/mol. The van der Waals surface area contributed by atoms with E-state index < -0.39 is 10.0 Å². The zero-order valence-corrected chi connectivity index (χ0v) is 21.2. The minimum absolute atomic E-state index is 0.0570. The maximum Gasteiger partial charge on any atom is 0.311 e. The molecule has 0 spiro atoms. The smallest absolute Gasteiger partial charge is 0.311 e. The second kappa shape index (κ2) is 10.8. The van der Waals surface area contributed by atoms with Gasteiger partial charge in [-0.2, -0.15) is 5.10 Å². The summed E-state index contributed by atoms with van der Waals surface area (Å²) in [7, 11) is -3.72. The number of hydrazone groups is 1. The van der Waals surface area contributed by atoms with E-state index >= 15 is 0 Å². The first-order valence-electron chi connectivity index (χ1n) is 10.7. The molecule has 0 amide bonds. The summed E-state index contributed by atoms with van der Waals surface area (Å²) >= 11 is 1.32. The van der Waals surface area contributed by atoms with Crippen LogP contribution in [0.3, 0.4) is 0 Å². The third-order valence-corrected chi connectivity index (χ3v) is 6.92. The predicted molar refractivity (Wildman–Crippen MR) is 136 cm³/mol. The van der Waals surface area contributed by atoms with Crippen LogP contribution in [0, 0.1) is 0 Å². The normalized spacial score (nSPS) is 12.0. The highest BCUT2D eigenvalue weighted by Crippen LogP contribution is 2.24. The van der Waals surface area contributed by atoms with Crippen LogP contribution in [0.4, 0.5) is 10.8 Å². The molecule has 3 rings (SSSR count). The standard InChI is InChI=1S/C24H28N4O4S2/c1-5-32-22(29)14-20-16-33-23(26-20)27-25-15-17-7-6-8-19(13-17)28-34(30,31)21-11-9-18(10-12-21)24(2,3)4/h6-13,15-16,28H,5,14H2,1-4H3,(H,26,27). The zero-order chi connectivity index (χ0) is 24.8. The maximum absolute atomic E-state index is 12.8. The van der Waals surface area contributed by atoms with Gasteiger partial charge < -0.3 is 4.74 Å². The minimum atomic E-state index is -3.72. The van der Waals surface area contributed by atoms with Crippen molar-refractivity contribution in [1.29, 1.82) is 0 Å². The first-order valence-corrected chi connectivity index (χ1v) is 13.1. The van der Waals surface area contributed by atoms with Crippen molar-refractivity contribution in [2.45, 2.75) is 44.4 Å². The van der Waals surface area contributed by atoms with E-state index in [0.29, 0.717) is 28.7 Å². The number of hydrogen-bond acceptors (Lipinski definition) is 8. The minimum Gasteiger partial charge on any atom is -0.466 e. The molecule has 2 N–H and O–H groups in total. The number of carbonyl (C=O) groups excluding carboxylic acids is 1. The van der Waals surface area contributed by atoms with Crippen molar-refractivity contribution in [3.05, 3.63) is 70.7 Å². The van der Waals surface area contributed by atoms with E-state index in [1.807, 2.05) is 12.1 Å². The Hall–Kier alpha value is -3.24. The number of nitrogens with one attached hydrogen (secondary N) is 2. The molecular formula is C24H28N4O4S2. The third kappa shape index (κ3) is 7.13. The summed E-state index contributed by atoms with van der Waals surface area (Å²) < 4.78 is 33.1. The summed E-state index contributed by atoms with van der Waals surface area (Å²) in [6.07, 6.45) is 1.67. The van der Waals surface area contributed by atoms with Crippen LogP contribution < -0.4 is 10.1 Å². The largest absolute Gasteiger partial charge is 0.466 e. The fourth-order valence-corrected chi connectivity index (χ4v) is 4.70. The molecular weight excluding hydrogens is 472 g/mol. The van der Waals surface area contributed by atoms with Crippen LogP contribution in [0.15, 0.2) is 63.9 Å². The second-order valence-electron chi connectivity index (χ2n) is 8.50. The molecule has 0 saturated carbocycles. The number of nitrogens with zero attached hydrogens (tertiary/aromatic N) is 2. The Kier molecular flexibility index (Phi) is 8.06. The highest BCUT2D eigenvalue weighted by molar-refractivity contribution is 7.92. The Morgan fingerprint density at radius 1 is 1.18 bits per heavy atom. The first-order chi connectivity index (χ1) is 16.1. The Balaban J connectivity index is 1.63. The number of rotatable bonds is 9. The number of anilines is 2. The average Bonchev–Trinajstić information content (AvgIpc) is 3.20. The van der Waals surface area contributed by atoms with Crippen molar-refractivity contribution in [2.75, 3.05) is 16.8 Å². The number of hydrogen-bond donors (Lipinski definition) is 2. The molecule has 10 heteroatoms. The maximum atomic E-state index is 12.8. The molecule has 0 saturated heterocycles. The van der Waals surface area contributed by atoms with Crippen LogP contribution in [-0.4, -0.2) is 32.2 Å². The van der Waals surface area contributed by atoms with Crippen LogP contribution in [0.1, 0.15) is 44.5 Å². The number of esters is 1. The molecule has 8 nitrogen and oxygen atoms in total. The summed E-state index contributed by atoms with van der Waals surface area (Å²) in [4.78, 5) is 16.0. The van der Waals surface area contributed by atoms with Gasteiger partial charge >= 0.3 is 5.97 Å². The van der Waals surface area contributed by atoms with Gasteiger partial charge in [-0.1, -0.05) is 45.0 Å². The highest BCUT2D eigenvalue weighted by atomic mass is 32.2. The van der Waals surface area contributed by atoms with Gasteiger partial charge in [0.15, 0.2) is 0 Å². The lowest BCUT2D eigenvalue weighted by atomic mass is 9.87. The number of benzene rings is 2. The quantitative estimate of drug-likeness (QED) is 0.248. The summed E-state index contributed by atoms with van der Waals surface area (Å²) in [5.41, 5.74) is 5.54. The molecule has 1 heterocycles. The van der Waals surface area contributed by atoms with Gasteiger partial charge in [0.1, 0.15) is 0 Å². The molecule has 0 unspecified atom stereocenters. The van der Waals surface area contributed by atoms with Crippen LogP contribution in [0.5, 0.6) is 0 Å². The van der Waals surface area contributed by atoms with Gasteiger partial charge in [0.05, 0.1) is 29.8 Å². The lowest BCUT2D eigenvalue weighted by Gasteiger charge is -2.19. The van der Waals surface area contributed by atoms with Gasteiger partial charge in [-0.05, 0) is 47.7 Å². The number of aromatic nitrogens is 1. The molecule has 0 aliphatic carbocycles. The molecule has 0 aliphatic heterocycles. The van der Waals surface area contributed by atoms with Gasteiger partial charge in [-0.15, -0.1) is 11.3 Å². The molecule has 2 aromatic carbocycles. The fraction of sp³-hybridized carbons (Fsp3) is 0.292. The Morgan fingerprint density at radius 3 is 2.59 bits per heavy atom. The molecule has 180 valence electrons. The van der Waals surface area contributed by atoms with Crippen LogP contribution in [-0.2, 0) is 31.4 Å². The lowest BCUT2D eigenvalue weighted by molar-refractivity contribution is -0.142. The third-order valence-electron chi connectivity index (χ3n) is 4.73. The van der Waals surface area contributed by atoms with Crippen molar-refractivity contribution in [3.63, 3.8) is 0 Å². The van der Waals surface area contributed by atoms with E-state index in [9.17, 15) is 13.2 Å². The lowest BCUT2D eigenvalue weighted by Crippen LogP contribution is -2.15. The first kappa shape index (κ1) is 25.4. The predicted octanol–water partition coefficient (Wildman–Crippen LogP) is 4.79. The zero-order valence-electron chi connectivity index (χ0n) is 19.5. The van der Waals surface area contributed by atoms with Gasteiger partial charge in [-0.25, -0.2) is 13.4 Å². The SMILES string of the molecule is CCOC(=O)Cc1csc(NN=Cc2cccc(NS(=O)(=O)c3ccc(C(C)(C)C)cc3)c2)n1. The number of sulfonamides is 1. The highest BCUT2D eigenvalue weighted by Gasteiger charge is 2.17. The van der Waals surface area contributed by atoms with Crippen LogP contribution in [0.25, 0.3) is 0 Å². The average molecular weight is 501 g/mol. The summed E-state index contributed by atoms with van der Waals surface area (Å²) in [6, 6.07) is 13.8. The Morgan fingerprint density at radius 2 is 1.91 bits per heavy atom. The molecule has 0 radical (unpaired) electrons. The molecule has 0 fully saturated rings. The van der Waals surface area contributed by atoms with Gasteiger partial charge in [-0.3, -0.25) is 14.9 Å². The van der Waals surface area contributed by atoms with Crippen LogP contribution >= 0.6 is 11.3 Å². The summed E-state index contributed by atoms with van der Waals surface area (Å²) in [5.74, 6) is -0.327. The Bertz CT molecular complexity index is 1260. The van der Waals surface area contributed by atoms with Crippen molar-refractivity contribution in [3.8, 4) is 0 Å². The van der Waals surface area contributed by atoms with E-state index in [0.717, 1.165) is 5.56 Å².